The Labute approximate surface area is 122 Å². The summed E-state index contributed by atoms with van der Waals surface area (Å²) in [5, 5.41) is 5.75. The molecule has 2 N–H and O–H groups in total. The number of benzene rings is 2. The molecule has 0 fully saturated rings. The number of nitrogens with one attached hydrogen (secondary N) is 2. The lowest BCUT2D eigenvalue weighted by atomic mass is 10.1. The molecule has 0 bridgehead atoms. The molecule has 0 unspecified atom stereocenters. The third-order valence-electron chi connectivity index (χ3n) is 3.06. The zero-order valence-corrected chi connectivity index (χ0v) is 11.9. The van der Waals surface area contributed by atoms with Crippen LogP contribution in [0.25, 0.3) is 0 Å². The molecule has 0 aliphatic carbocycles. The van der Waals surface area contributed by atoms with Gasteiger partial charge in [0, 0.05) is 12.2 Å². The van der Waals surface area contributed by atoms with E-state index < -0.39 is 11.7 Å². The van der Waals surface area contributed by atoms with Gasteiger partial charge in [0.2, 0.25) is 0 Å². The number of anilines is 1. The van der Waals surface area contributed by atoms with Crippen molar-refractivity contribution in [1.82, 2.24) is 5.32 Å². The van der Waals surface area contributed by atoms with Crippen molar-refractivity contribution in [2.75, 3.05) is 19.5 Å². The number of amides is 1. The van der Waals surface area contributed by atoms with Crippen molar-refractivity contribution in [3.63, 3.8) is 0 Å². The van der Waals surface area contributed by atoms with Gasteiger partial charge in [0.1, 0.15) is 17.1 Å². The Kier molecular flexibility index (Phi) is 4.90. The van der Waals surface area contributed by atoms with Crippen LogP contribution in [0, 0.1) is 5.82 Å². The van der Waals surface area contributed by atoms with Crippen LogP contribution >= 0.6 is 0 Å². The maximum Gasteiger partial charge on any atom is 0.262 e. The largest absolute Gasteiger partial charge is 0.496 e. The van der Waals surface area contributed by atoms with Gasteiger partial charge in [-0.1, -0.05) is 24.3 Å². The van der Waals surface area contributed by atoms with Crippen LogP contribution < -0.4 is 15.4 Å². The molecule has 2 aromatic rings. The summed E-state index contributed by atoms with van der Waals surface area (Å²) in [4.78, 5) is 12.3. The highest BCUT2D eigenvalue weighted by Crippen LogP contribution is 2.23. The summed E-state index contributed by atoms with van der Waals surface area (Å²) in [6.07, 6.45) is 0. The average molecular weight is 288 g/mol. The van der Waals surface area contributed by atoms with Crippen molar-refractivity contribution >= 4 is 11.6 Å². The van der Waals surface area contributed by atoms with Gasteiger partial charge >= 0.3 is 0 Å². The number of para-hydroxylation sites is 1. The van der Waals surface area contributed by atoms with E-state index in [9.17, 15) is 9.18 Å². The van der Waals surface area contributed by atoms with Crippen LogP contribution in [-0.4, -0.2) is 20.1 Å². The molecule has 0 heterocycles. The molecule has 5 heteroatoms. The average Bonchev–Trinajstić information content (AvgIpc) is 2.49. The van der Waals surface area contributed by atoms with Crippen LogP contribution in [0.5, 0.6) is 5.75 Å². The molecule has 0 aliphatic rings. The molecule has 0 aromatic heterocycles. The van der Waals surface area contributed by atoms with Gasteiger partial charge in [0.25, 0.3) is 5.91 Å². The summed E-state index contributed by atoms with van der Waals surface area (Å²) >= 11 is 0. The van der Waals surface area contributed by atoms with Crippen molar-refractivity contribution in [2.45, 2.75) is 6.54 Å². The molecule has 1 amide bonds. The highest BCUT2D eigenvalue weighted by molar-refractivity contribution is 6.06. The van der Waals surface area contributed by atoms with Gasteiger partial charge in [0.15, 0.2) is 0 Å². The maximum absolute atomic E-state index is 13.9. The fraction of sp³-hybridized carbons (Fsp3) is 0.188. The van der Waals surface area contributed by atoms with Crippen molar-refractivity contribution in [2.24, 2.45) is 0 Å². The summed E-state index contributed by atoms with van der Waals surface area (Å²) in [6, 6.07) is 11.6. The molecule has 0 saturated carbocycles. The van der Waals surface area contributed by atoms with Crippen LogP contribution in [0.2, 0.25) is 0 Å². The summed E-state index contributed by atoms with van der Waals surface area (Å²) in [5.41, 5.74) is 1.46. The van der Waals surface area contributed by atoms with E-state index in [1.807, 2.05) is 25.2 Å². The highest BCUT2D eigenvalue weighted by Gasteiger charge is 2.18. The Morgan fingerprint density at radius 1 is 1.19 bits per heavy atom. The molecular weight excluding hydrogens is 271 g/mol. The Hall–Kier alpha value is -2.40. The van der Waals surface area contributed by atoms with Gasteiger partial charge < -0.3 is 15.4 Å². The van der Waals surface area contributed by atoms with E-state index in [4.69, 9.17) is 4.74 Å². The number of rotatable bonds is 5. The third kappa shape index (κ3) is 3.38. The van der Waals surface area contributed by atoms with Gasteiger partial charge in [0.05, 0.1) is 7.11 Å². The van der Waals surface area contributed by atoms with Crippen LogP contribution in [0.4, 0.5) is 10.1 Å². The first-order valence-electron chi connectivity index (χ1n) is 6.53. The molecule has 0 saturated heterocycles. The molecule has 0 aliphatic heterocycles. The van der Waals surface area contributed by atoms with Gasteiger partial charge in [-0.05, 0) is 30.8 Å². The first kappa shape index (κ1) is 15.0. The van der Waals surface area contributed by atoms with Crippen LogP contribution in [-0.2, 0) is 6.54 Å². The van der Waals surface area contributed by atoms with Crippen LogP contribution in [0.3, 0.4) is 0 Å². The Balaban J connectivity index is 2.31. The standard InChI is InChI=1S/C16H17FN2O2/c1-18-10-11-6-3-4-8-13(11)19-16(20)15-12(17)7-5-9-14(15)21-2/h3-9,18H,10H2,1-2H3,(H,19,20). The molecule has 0 atom stereocenters. The number of carbonyl (C=O) groups excluding carboxylic acids is 1. The molecule has 0 radical (unpaired) electrons. The van der Waals surface area contributed by atoms with Crippen molar-refractivity contribution in [3.8, 4) is 5.75 Å². The SMILES string of the molecule is CNCc1ccccc1NC(=O)c1c(F)cccc1OC. The lowest BCUT2D eigenvalue weighted by Gasteiger charge is -2.13. The van der Waals surface area contributed by atoms with Crippen LogP contribution in [0.15, 0.2) is 42.5 Å². The van der Waals surface area contributed by atoms with Gasteiger partial charge in [-0.25, -0.2) is 4.39 Å². The number of ether oxygens (including phenoxy) is 1. The third-order valence-corrected chi connectivity index (χ3v) is 3.06. The minimum absolute atomic E-state index is 0.0979. The fourth-order valence-corrected chi connectivity index (χ4v) is 2.07. The highest BCUT2D eigenvalue weighted by atomic mass is 19.1. The Morgan fingerprint density at radius 3 is 2.67 bits per heavy atom. The van der Waals surface area contributed by atoms with E-state index in [-0.39, 0.29) is 11.3 Å². The summed E-state index contributed by atoms with van der Waals surface area (Å²) in [5.74, 6) is -0.940. The molecule has 2 rings (SSSR count). The quantitative estimate of drug-likeness (QED) is 0.889. The zero-order chi connectivity index (χ0) is 15.2. The van der Waals surface area contributed by atoms with E-state index >= 15 is 0 Å². The molecule has 2 aromatic carbocycles. The lowest BCUT2D eigenvalue weighted by Crippen LogP contribution is -2.17. The minimum atomic E-state index is -0.613. The molecule has 4 nitrogen and oxygen atoms in total. The fourth-order valence-electron chi connectivity index (χ4n) is 2.07. The summed E-state index contributed by atoms with van der Waals surface area (Å²) in [6.45, 7) is 0.602. The zero-order valence-electron chi connectivity index (χ0n) is 11.9. The predicted molar refractivity (Wildman–Crippen MR) is 80.1 cm³/mol. The molecule has 110 valence electrons. The lowest BCUT2D eigenvalue weighted by molar-refractivity contribution is 0.102. The van der Waals surface area contributed by atoms with E-state index in [0.717, 1.165) is 5.56 Å². The second kappa shape index (κ2) is 6.85. The predicted octanol–water partition coefficient (Wildman–Crippen LogP) is 2.81. The second-order valence-corrected chi connectivity index (χ2v) is 4.46. The van der Waals surface area contributed by atoms with E-state index in [0.29, 0.717) is 12.2 Å². The van der Waals surface area contributed by atoms with Gasteiger partial charge in [-0.15, -0.1) is 0 Å². The first-order valence-corrected chi connectivity index (χ1v) is 6.53. The Bertz CT molecular complexity index is 644. The number of hydrogen-bond acceptors (Lipinski definition) is 3. The van der Waals surface area contributed by atoms with Crippen molar-refractivity contribution < 1.29 is 13.9 Å². The van der Waals surface area contributed by atoms with Crippen LogP contribution in [0.1, 0.15) is 15.9 Å². The molecular formula is C16H17FN2O2. The number of hydrogen-bond donors (Lipinski definition) is 2. The van der Waals surface area contributed by atoms with Crippen molar-refractivity contribution in [3.05, 3.63) is 59.4 Å². The summed E-state index contributed by atoms with van der Waals surface area (Å²) in [7, 11) is 3.22. The second-order valence-electron chi connectivity index (χ2n) is 4.46. The number of carbonyl (C=O) groups is 1. The number of halogens is 1. The maximum atomic E-state index is 13.9. The van der Waals surface area contributed by atoms with E-state index in [1.165, 1.54) is 19.2 Å². The van der Waals surface area contributed by atoms with Gasteiger partial charge in [-0.3, -0.25) is 4.79 Å². The van der Waals surface area contributed by atoms with Gasteiger partial charge in [-0.2, -0.15) is 0 Å². The normalized spacial score (nSPS) is 10.2. The smallest absolute Gasteiger partial charge is 0.262 e. The topological polar surface area (TPSA) is 50.4 Å². The van der Waals surface area contributed by atoms with E-state index in [2.05, 4.69) is 10.6 Å². The number of methoxy groups -OCH3 is 1. The van der Waals surface area contributed by atoms with Crippen molar-refractivity contribution in [1.29, 1.82) is 0 Å². The molecule has 0 spiro atoms. The minimum Gasteiger partial charge on any atom is -0.496 e. The summed E-state index contributed by atoms with van der Waals surface area (Å²) < 4.78 is 18.9. The first-order chi connectivity index (χ1) is 10.2. The molecule has 21 heavy (non-hydrogen) atoms. The van der Waals surface area contributed by atoms with E-state index in [1.54, 1.807) is 12.1 Å². The monoisotopic (exact) mass is 288 g/mol. The Morgan fingerprint density at radius 2 is 1.95 bits per heavy atom.